The van der Waals surface area contributed by atoms with Crippen LogP contribution in [0, 0.1) is 19.7 Å². The maximum absolute atomic E-state index is 13.0. The fourth-order valence-electron chi connectivity index (χ4n) is 1.86. The summed E-state index contributed by atoms with van der Waals surface area (Å²) < 4.78 is 18.9. The Bertz CT molecular complexity index is 566. The Balaban J connectivity index is 2.39. The molecule has 0 bridgehead atoms. The van der Waals surface area contributed by atoms with E-state index in [4.69, 9.17) is 10.5 Å². The molecule has 0 atom stereocenters. The van der Waals surface area contributed by atoms with Crippen LogP contribution in [0.2, 0.25) is 0 Å². The third-order valence-electron chi connectivity index (χ3n) is 2.86. The van der Waals surface area contributed by atoms with Crippen LogP contribution in [0.4, 0.5) is 4.39 Å². The Kier molecular flexibility index (Phi) is 3.63. The molecule has 0 fully saturated rings. The number of ether oxygens (including phenoxy) is 1. The zero-order valence-corrected chi connectivity index (χ0v) is 10.5. The topological polar surface area (TPSA) is 35.2 Å². The van der Waals surface area contributed by atoms with Gasteiger partial charge < -0.3 is 10.5 Å². The van der Waals surface area contributed by atoms with E-state index in [1.54, 1.807) is 6.07 Å². The molecule has 0 radical (unpaired) electrons. The van der Waals surface area contributed by atoms with Crippen molar-refractivity contribution in [1.29, 1.82) is 0 Å². The Morgan fingerprint density at radius 3 is 2.56 bits per heavy atom. The quantitative estimate of drug-likeness (QED) is 0.895. The Morgan fingerprint density at radius 2 is 1.89 bits per heavy atom. The average Bonchev–Trinajstić information content (AvgIpc) is 2.34. The normalized spacial score (nSPS) is 10.4. The summed E-state index contributed by atoms with van der Waals surface area (Å²) in [7, 11) is 0. The predicted octanol–water partition coefficient (Wildman–Crippen LogP) is 3.69. The summed E-state index contributed by atoms with van der Waals surface area (Å²) in [6, 6.07) is 10.3. The van der Waals surface area contributed by atoms with Crippen LogP contribution in [0.1, 0.15) is 16.7 Å². The highest BCUT2D eigenvalue weighted by Crippen LogP contribution is 2.30. The average molecular weight is 245 g/mol. The van der Waals surface area contributed by atoms with E-state index in [9.17, 15) is 4.39 Å². The highest BCUT2D eigenvalue weighted by atomic mass is 19.1. The van der Waals surface area contributed by atoms with Crippen LogP contribution in [-0.4, -0.2) is 0 Å². The molecule has 3 heteroatoms. The molecule has 0 spiro atoms. The summed E-state index contributed by atoms with van der Waals surface area (Å²) in [6.45, 7) is 4.20. The molecular formula is C15H16FNO. The molecule has 0 amide bonds. The van der Waals surface area contributed by atoms with Crippen LogP contribution in [0.15, 0.2) is 36.4 Å². The molecule has 18 heavy (non-hydrogen) atoms. The lowest BCUT2D eigenvalue weighted by Gasteiger charge is -2.14. The van der Waals surface area contributed by atoms with E-state index in [1.807, 2.05) is 32.0 Å². The van der Waals surface area contributed by atoms with Gasteiger partial charge in [-0.25, -0.2) is 4.39 Å². The van der Waals surface area contributed by atoms with E-state index >= 15 is 0 Å². The van der Waals surface area contributed by atoms with Crippen molar-refractivity contribution in [3.63, 3.8) is 0 Å². The summed E-state index contributed by atoms with van der Waals surface area (Å²) in [5.74, 6) is 1.15. The van der Waals surface area contributed by atoms with Crippen molar-refractivity contribution in [2.45, 2.75) is 20.4 Å². The summed E-state index contributed by atoms with van der Waals surface area (Å²) in [4.78, 5) is 0. The van der Waals surface area contributed by atoms with Crippen molar-refractivity contribution in [2.24, 2.45) is 5.73 Å². The van der Waals surface area contributed by atoms with Gasteiger partial charge in [0.2, 0.25) is 0 Å². The molecule has 0 saturated heterocycles. The Hall–Kier alpha value is -1.87. The first-order valence-electron chi connectivity index (χ1n) is 5.84. The number of para-hydroxylation sites is 1. The van der Waals surface area contributed by atoms with Crippen molar-refractivity contribution < 1.29 is 9.13 Å². The number of hydrogen-bond donors (Lipinski definition) is 1. The first-order valence-corrected chi connectivity index (χ1v) is 5.84. The first-order chi connectivity index (χ1) is 8.61. The smallest absolute Gasteiger partial charge is 0.134 e. The Labute approximate surface area is 106 Å². The van der Waals surface area contributed by atoms with Crippen LogP contribution in [-0.2, 0) is 6.54 Å². The van der Waals surface area contributed by atoms with Gasteiger partial charge in [0, 0.05) is 12.1 Å². The molecule has 0 aliphatic carbocycles. The van der Waals surface area contributed by atoms with Crippen LogP contribution in [0.3, 0.4) is 0 Å². The van der Waals surface area contributed by atoms with Gasteiger partial charge in [0.15, 0.2) is 0 Å². The first kappa shape index (κ1) is 12.6. The van der Waals surface area contributed by atoms with Gasteiger partial charge in [0.25, 0.3) is 0 Å². The molecule has 94 valence electrons. The summed E-state index contributed by atoms with van der Waals surface area (Å²) in [5.41, 5.74) is 8.42. The molecular weight excluding hydrogens is 229 g/mol. The molecule has 2 rings (SSSR count). The molecule has 2 N–H and O–H groups in total. The van der Waals surface area contributed by atoms with Crippen molar-refractivity contribution in [2.75, 3.05) is 0 Å². The van der Waals surface area contributed by atoms with Crippen molar-refractivity contribution in [1.82, 2.24) is 0 Å². The standard InChI is InChI=1S/C15H16FNO/c1-10-4-3-5-12(9-17)15(10)18-14-7-6-13(16)8-11(14)2/h3-8H,9,17H2,1-2H3. The van der Waals surface area contributed by atoms with Gasteiger partial charge >= 0.3 is 0 Å². The summed E-state index contributed by atoms with van der Waals surface area (Å²) >= 11 is 0. The molecule has 2 aromatic carbocycles. The number of hydrogen-bond acceptors (Lipinski definition) is 2. The van der Waals surface area contributed by atoms with Gasteiger partial charge in [-0.3, -0.25) is 0 Å². The highest BCUT2D eigenvalue weighted by molar-refractivity contribution is 5.45. The van der Waals surface area contributed by atoms with Gasteiger partial charge in [-0.1, -0.05) is 18.2 Å². The lowest BCUT2D eigenvalue weighted by molar-refractivity contribution is 0.467. The molecule has 0 aliphatic rings. The number of halogens is 1. The van der Waals surface area contributed by atoms with E-state index in [-0.39, 0.29) is 5.82 Å². The van der Waals surface area contributed by atoms with Crippen LogP contribution in [0.5, 0.6) is 11.5 Å². The van der Waals surface area contributed by atoms with Gasteiger partial charge in [0.1, 0.15) is 17.3 Å². The second kappa shape index (κ2) is 5.19. The Morgan fingerprint density at radius 1 is 1.11 bits per heavy atom. The number of benzene rings is 2. The van der Waals surface area contributed by atoms with Gasteiger partial charge in [-0.15, -0.1) is 0 Å². The minimum absolute atomic E-state index is 0.260. The van der Waals surface area contributed by atoms with Gasteiger partial charge in [0.05, 0.1) is 0 Å². The number of nitrogens with two attached hydrogens (primary N) is 1. The highest BCUT2D eigenvalue weighted by Gasteiger charge is 2.09. The fraction of sp³-hybridized carbons (Fsp3) is 0.200. The van der Waals surface area contributed by atoms with Crippen LogP contribution in [0.25, 0.3) is 0 Å². The lowest BCUT2D eigenvalue weighted by Crippen LogP contribution is -2.01. The maximum Gasteiger partial charge on any atom is 0.134 e. The second-order valence-corrected chi connectivity index (χ2v) is 4.28. The SMILES string of the molecule is Cc1cc(F)ccc1Oc1c(C)cccc1CN. The molecule has 0 unspecified atom stereocenters. The van der Waals surface area contributed by atoms with E-state index in [2.05, 4.69) is 0 Å². The zero-order chi connectivity index (χ0) is 13.1. The lowest BCUT2D eigenvalue weighted by atomic mass is 10.1. The summed E-state index contributed by atoms with van der Waals surface area (Å²) in [6.07, 6.45) is 0. The molecule has 0 heterocycles. The predicted molar refractivity (Wildman–Crippen MR) is 70.3 cm³/mol. The number of aryl methyl sites for hydroxylation is 2. The monoisotopic (exact) mass is 245 g/mol. The van der Waals surface area contributed by atoms with E-state index in [0.717, 1.165) is 22.4 Å². The van der Waals surface area contributed by atoms with Gasteiger partial charge in [-0.2, -0.15) is 0 Å². The van der Waals surface area contributed by atoms with Crippen LogP contribution < -0.4 is 10.5 Å². The molecule has 0 aliphatic heterocycles. The van der Waals surface area contributed by atoms with E-state index < -0.39 is 0 Å². The van der Waals surface area contributed by atoms with E-state index in [0.29, 0.717) is 12.3 Å². The number of rotatable bonds is 3. The van der Waals surface area contributed by atoms with Crippen LogP contribution >= 0.6 is 0 Å². The zero-order valence-electron chi connectivity index (χ0n) is 10.5. The summed E-state index contributed by atoms with van der Waals surface area (Å²) in [5, 5.41) is 0. The fourth-order valence-corrected chi connectivity index (χ4v) is 1.86. The largest absolute Gasteiger partial charge is 0.456 e. The van der Waals surface area contributed by atoms with Crippen molar-refractivity contribution in [3.8, 4) is 11.5 Å². The maximum atomic E-state index is 13.0. The van der Waals surface area contributed by atoms with E-state index in [1.165, 1.54) is 12.1 Å². The molecule has 0 aromatic heterocycles. The second-order valence-electron chi connectivity index (χ2n) is 4.28. The minimum atomic E-state index is -0.260. The molecule has 2 nitrogen and oxygen atoms in total. The van der Waals surface area contributed by atoms with Crippen molar-refractivity contribution in [3.05, 3.63) is 58.9 Å². The third kappa shape index (κ3) is 2.51. The molecule has 2 aromatic rings. The van der Waals surface area contributed by atoms with Gasteiger partial charge in [-0.05, 0) is 43.2 Å². The third-order valence-corrected chi connectivity index (χ3v) is 2.86. The van der Waals surface area contributed by atoms with Crippen molar-refractivity contribution >= 4 is 0 Å². The molecule has 0 saturated carbocycles. The minimum Gasteiger partial charge on any atom is -0.456 e.